The Morgan fingerprint density at radius 2 is 2.14 bits per heavy atom. The molecular weight excluding hydrogens is 279 g/mol. The fourth-order valence-electron chi connectivity index (χ4n) is 3.34. The second-order valence-corrected chi connectivity index (χ2v) is 5.85. The summed E-state index contributed by atoms with van der Waals surface area (Å²) in [6.07, 6.45) is 1.72. The molecule has 0 radical (unpaired) electrons. The Hall–Kier alpha value is -1.21. The molecule has 3 heterocycles. The van der Waals surface area contributed by atoms with Gasteiger partial charge in [0.25, 0.3) is 5.91 Å². The third-order valence-electron chi connectivity index (χ3n) is 4.49. The van der Waals surface area contributed by atoms with Crippen molar-refractivity contribution in [3.63, 3.8) is 0 Å². The molecule has 3 saturated heterocycles. The van der Waals surface area contributed by atoms with E-state index in [1.165, 1.54) is 5.06 Å². The fraction of sp³-hybridized carbons (Fsp3) is 0.857. The van der Waals surface area contributed by atoms with E-state index in [1.54, 1.807) is 4.90 Å². The van der Waals surface area contributed by atoms with E-state index >= 15 is 0 Å². The molecule has 0 aromatic carbocycles. The van der Waals surface area contributed by atoms with Crippen LogP contribution in [0.3, 0.4) is 0 Å². The summed E-state index contributed by atoms with van der Waals surface area (Å²) in [7, 11) is 0. The maximum absolute atomic E-state index is 12.3. The Balaban J connectivity index is 1.56. The fourth-order valence-corrected chi connectivity index (χ4v) is 3.34. The first kappa shape index (κ1) is 14.7. The predicted octanol–water partition coefficient (Wildman–Crippen LogP) is 0.516. The molecule has 21 heavy (non-hydrogen) atoms. The van der Waals surface area contributed by atoms with E-state index in [-0.39, 0.29) is 24.3 Å². The highest BCUT2D eigenvalue weighted by Gasteiger charge is 2.44. The molecule has 0 aliphatic carbocycles. The maximum atomic E-state index is 12.3. The lowest BCUT2D eigenvalue weighted by Gasteiger charge is -2.34. The molecule has 3 rings (SSSR count). The van der Waals surface area contributed by atoms with Crippen LogP contribution in [0, 0.1) is 5.92 Å². The smallest absolute Gasteiger partial charge is 0.275 e. The number of nitrogens with zero attached hydrogens (tertiary/aromatic N) is 2. The minimum atomic E-state index is -0.627. The van der Waals surface area contributed by atoms with Crippen molar-refractivity contribution in [1.82, 2.24) is 9.96 Å². The largest absolute Gasteiger partial charge is 0.363 e. The normalized spacial score (nSPS) is 32.3. The van der Waals surface area contributed by atoms with Gasteiger partial charge in [-0.05, 0) is 25.2 Å². The summed E-state index contributed by atoms with van der Waals surface area (Å²) in [6.45, 7) is 1.67. The van der Waals surface area contributed by atoms with Crippen molar-refractivity contribution in [2.75, 3.05) is 32.9 Å². The average Bonchev–Trinajstić information content (AvgIpc) is 3.15. The molecule has 0 aromatic heterocycles. The van der Waals surface area contributed by atoms with Crippen molar-refractivity contribution in [3.05, 3.63) is 0 Å². The topological polar surface area (TPSA) is 59.1 Å². The van der Waals surface area contributed by atoms with Crippen LogP contribution in [0.15, 0.2) is 0 Å². The number of likely N-dealkylation sites (tertiary alicyclic amines) is 1. The molecule has 118 valence electrons. The second-order valence-electron chi connectivity index (χ2n) is 5.85. The molecule has 0 spiro atoms. The molecule has 6 nitrogen and oxygen atoms in total. The van der Waals surface area contributed by atoms with Crippen molar-refractivity contribution in [2.45, 2.75) is 37.9 Å². The Kier molecular flexibility index (Phi) is 4.40. The molecule has 7 heteroatoms. The quantitative estimate of drug-likeness (QED) is 0.762. The average molecular weight is 300 g/mol. The van der Waals surface area contributed by atoms with E-state index in [0.29, 0.717) is 38.6 Å². The standard InChI is InChI=1S/C14H21FN2O4/c15-4-2-13(18)16-6-3-10-8-11(21-12(10)9-16)14(19)17-5-1-7-20-17/h10-12H,1-9H2/t10-,11+,12+/m0/s1. The Morgan fingerprint density at radius 3 is 2.86 bits per heavy atom. The number of ether oxygens (including phenoxy) is 1. The van der Waals surface area contributed by atoms with E-state index in [2.05, 4.69) is 0 Å². The second kappa shape index (κ2) is 6.27. The number of hydroxylamine groups is 2. The number of carbonyl (C=O) groups excluding carboxylic acids is 2. The van der Waals surface area contributed by atoms with Gasteiger partial charge in [0.2, 0.25) is 5.91 Å². The summed E-state index contributed by atoms with van der Waals surface area (Å²) in [5.41, 5.74) is 0. The summed E-state index contributed by atoms with van der Waals surface area (Å²) in [6, 6.07) is 0. The number of halogens is 1. The van der Waals surface area contributed by atoms with Crippen molar-refractivity contribution in [3.8, 4) is 0 Å². The van der Waals surface area contributed by atoms with Crippen molar-refractivity contribution >= 4 is 11.8 Å². The molecular formula is C14H21FN2O4. The van der Waals surface area contributed by atoms with Gasteiger partial charge in [-0.2, -0.15) is 0 Å². The van der Waals surface area contributed by atoms with E-state index in [1.807, 2.05) is 0 Å². The number of carbonyl (C=O) groups is 2. The molecule has 0 N–H and O–H groups in total. The molecule has 3 atom stereocenters. The number of fused-ring (bicyclic) bond motifs is 1. The van der Waals surface area contributed by atoms with Gasteiger partial charge in [-0.1, -0.05) is 0 Å². The minimum absolute atomic E-state index is 0.0681. The first-order valence-electron chi connectivity index (χ1n) is 7.62. The number of alkyl halides is 1. The van der Waals surface area contributed by atoms with Crippen LogP contribution in [-0.4, -0.2) is 66.9 Å². The number of rotatable bonds is 3. The molecule has 0 unspecified atom stereocenters. The van der Waals surface area contributed by atoms with Crippen LogP contribution in [0.4, 0.5) is 4.39 Å². The highest BCUT2D eigenvalue weighted by atomic mass is 19.1. The summed E-state index contributed by atoms with van der Waals surface area (Å²) in [4.78, 5) is 30.9. The van der Waals surface area contributed by atoms with E-state index < -0.39 is 12.8 Å². The third kappa shape index (κ3) is 3.03. The van der Waals surface area contributed by atoms with Crippen molar-refractivity contribution in [1.29, 1.82) is 0 Å². The zero-order valence-corrected chi connectivity index (χ0v) is 12.0. The van der Waals surface area contributed by atoms with Gasteiger partial charge >= 0.3 is 0 Å². The molecule has 0 bridgehead atoms. The maximum Gasteiger partial charge on any atom is 0.275 e. The van der Waals surface area contributed by atoms with Crippen molar-refractivity contribution in [2.24, 2.45) is 5.92 Å². The van der Waals surface area contributed by atoms with E-state index in [4.69, 9.17) is 9.57 Å². The van der Waals surface area contributed by atoms with Crippen LogP contribution >= 0.6 is 0 Å². The van der Waals surface area contributed by atoms with Crippen molar-refractivity contribution < 1.29 is 23.6 Å². The first-order chi connectivity index (χ1) is 10.2. The van der Waals surface area contributed by atoms with Gasteiger partial charge in [0.05, 0.1) is 32.4 Å². The van der Waals surface area contributed by atoms with Crippen LogP contribution in [0.1, 0.15) is 25.7 Å². The zero-order valence-electron chi connectivity index (χ0n) is 12.0. The molecule has 3 fully saturated rings. The van der Waals surface area contributed by atoms with E-state index in [9.17, 15) is 14.0 Å². The Bertz CT molecular complexity index is 414. The van der Waals surface area contributed by atoms with Crippen LogP contribution in [-0.2, 0) is 19.2 Å². The molecule has 0 aromatic rings. The Morgan fingerprint density at radius 1 is 1.29 bits per heavy atom. The SMILES string of the molecule is O=C(CCF)N1CC[C@H]2C[C@H](C(=O)N3CCCO3)O[C@@H]2C1. The zero-order chi connectivity index (χ0) is 14.8. The van der Waals surface area contributed by atoms with Gasteiger partial charge in [0.1, 0.15) is 6.10 Å². The van der Waals surface area contributed by atoms with Gasteiger partial charge in [-0.25, -0.2) is 5.06 Å². The summed E-state index contributed by atoms with van der Waals surface area (Å²) in [5.74, 6) is 0.0247. The monoisotopic (exact) mass is 300 g/mol. The summed E-state index contributed by atoms with van der Waals surface area (Å²) in [5, 5.41) is 1.40. The number of piperidine rings is 1. The lowest BCUT2D eigenvalue weighted by atomic mass is 9.91. The highest BCUT2D eigenvalue weighted by molar-refractivity contribution is 5.80. The van der Waals surface area contributed by atoms with Gasteiger partial charge in [-0.15, -0.1) is 0 Å². The first-order valence-corrected chi connectivity index (χ1v) is 7.62. The number of hydrogen-bond donors (Lipinski definition) is 0. The van der Waals surface area contributed by atoms with Gasteiger partial charge in [0, 0.05) is 13.1 Å². The lowest BCUT2D eigenvalue weighted by molar-refractivity contribution is -0.180. The lowest BCUT2D eigenvalue weighted by Crippen LogP contribution is -2.45. The molecule has 3 aliphatic rings. The van der Waals surface area contributed by atoms with Gasteiger partial charge < -0.3 is 9.64 Å². The highest BCUT2D eigenvalue weighted by Crippen LogP contribution is 2.34. The van der Waals surface area contributed by atoms with E-state index in [0.717, 1.165) is 12.8 Å². The van der Waals surface area contributed by atoms with Crippen LogP contribution in [0.2, 0.25) is 0 Å². The van der Waals surface area contributed by atoms with Crippen LogP contribution < -0.4 is 0 Å². The predicted molar refractivity (Wildman–Crippen MR) is 70.8 cm³/mol. The third-order valence-corrected chi connectivity index (χ3v) is 4.49. The summed E-state index contributed by atoms with van der Waals surface area (Å²) < 4.78 is 18.1. The minimum Gasteiger partial charge on any atom is -0.363 e. The van der Waals surface area contributed by atoms with Crippen LogP contribution in [0.5, 0.6) is 0 Å². The van der Waals surface area contributed by atoms with Crippen LogP contribution in [0.25, 0.3) is 0 Å². The molecule has 3 aliphatic heterocycles. The number of hydrogen-bond acceptors (Lipinski definition) is 4. The van der Waals surface area contributed by atoms with Gasteiger partial charge in [0.15, 0.2) is 0 Å². The van der Waals surface area contributed by atoms with Gasteiger partial charge in [-0.3, -0.25) is 18.8 Å². The Labute approximate surface area is 123 Å². The number of amides is 2. The molecule has 0 saturated carbocycles. The molecule has 2 amide bonds. The summed E-state index contributed by atoms with van der Waals surface area (Å²) >= 11 is 0.